The third kappa shape index (κ3) is 2.30. The maximum absolute atomic E-state index is 11.9. The van der Waals surface area contributed by atoms with E-state index in [9.17, 15) is 4.79 Å². The fraction of sp³-hybridized carbons (Fsp3) is 0.583. The Morgan fingerprint density at radius 1 is 1.47 bits per heavy atom. The van der Waals surface area contributed by atoms with Crippen LogP contribution in [0.25, 0.3) is 10.3 Å². The number of carbonyl (C=O) groups excluding carboxylic acids is 1. The Labute approximate surface area is 115 Å². The van der Waals surface area contributed by atoms with Crippen LogP contribution in [0.1, 0.15) is 25.0 Å². The summed E-state index contributed by atoms with van der Waals surface area (Å²) in [7, 11) is 1.89. The van der Waals surface area contributed by atoms with Gasteiger partial charge in [0.25, 0.3) is 0 Å². The fourth-order valence-corrected chi connectivity index (χ4v) is 3.36. The van der Waals surface area contributed by atoms with Crippen LogP contribution in [0.4, 0.5) is 5.13 Å². The summed E-state index contributed by atoms with van der Waals surface area (Å²) in [5.41, 5.74) is 1.85. The lowest BCUT2D eigenvalue weighted by Crippen LogP contribution is -2.37. The van der Waals surface area contributed by atoms with Crippen LogP contribution in [0.3, 0.4) is 0 Å². The average Bonchev–Trinajstić information content (AvgIpc) is 2.82. The molecule has 6 nitrogen and oxygen atoms in total. The highest BCUT2D eigenvalue weighted by Crippen LogP contribution is 2.29. The van der Waals surface area contributed by atoms with Crippen molar-refractivity contribution in [3.05, 3.63) is 5.69 Å². The number of fused-ring (bicyclic) bond motifs is 1. The van der Waals surface area contributed by atoms with E-state index >= 15 is 0 Å². The third-order valence-corrected chi connectivity index (χ3v) is 4.46. The molecule has 2 N–H and O–H groups in total. The number of nitrogens with zero attached hydrogens (tertiary/aromatic N) is 3. The van der Waals surface area contributed by atoms with Crippen molar-refractivity contribution < 1.29 is 4.79 Å². The van der Waals surface area contributed by atoms with Crippen molar-refractivity contribution in [3.8, 4) is 0 Å². The van der Waals surface area contributed by atoms with Crippen LogP contribution in [0.15, 0.2) is 0 Å². The van der Waals surface area contributed by atoms with Gasteiger partial charge < -0.3 is 10.6 Å². The van der Waals surface area contributed by atoms with Gasteiger partial charge in [0.05, 0.1) is 10.4 Å². The molecule has 1 unspecified atom stereocenters. The Hall–Kier alpha value is -1.63. The number of aryl methyl sites for hydroxylation is 2. The first-order valence-corrected chi connectivity index (χ1v) is 7.31. The van der Waals surface area contributed by atoms with Crippen LogP contribution >= 0.6 is 11.3 Å². The Morgan fingerprint density at radius 3 is 3.11 bits per heavy atom. The summed E-state index contributed by atoms with van der Waals surface area (Å²) >= 11 is 1.56. The van der Waals surface area contributed by atoms with E-state index in [1.54, 1.807) is 16.0 Å². The minimum atomic E-state index is -0.170. The van der Waals surface area contributed by atoms with Gasteiger partial charge in [-0.05, 0) is 26.2 Å². The topological polar surface area (TPSA) is 71.8 Å². The van der Waals surface area contributed by atoms with Crippen molar-refractivity contribution >= 4 is 32.7 Å². The van der Waals surface area contributed by atoms with Crippen LogP contribution < -0.4 is 10.6 Å². The number of thiazole rings is 1. The molecule has 1 aliphatic rings. The standard InChI is InChI=1S/C12H17N5OS/c1-7-9-10(17(2)16-7)15-12(19-9)14-8-5-3-4-6-13-11(8)18/h8H,3-6H2,1-2H3,(H,13,18)(H,14,15). The van der Waals surface area contributed by atoms with E-state index < -0.39 is 0 Å². The Bertz CT molecular complexity index is 582. The van der Waals surface area contributed by atoms with E-state index in [1.807, 2.05) is 14.0 Å². The summed E-state index contributed by atoms with van der Waals surface area (Å²) < 4.78 is 2.86. The number of aromatic nitrogens is 3. The molecule has 1 atom stereocenters. The van der Waals surface area contributed by atoms with Crippen molar-refractivity contribution in [1.29, 1.82) is 0 Å². The summed E-state index contributed by atoms with van der Waals surface area (Å²) in [6.45, 7) is 2.75. The molecule has 0 radical (unpaired) electrons. The smallest absolute Gasteiger partial charge is 0.242 e. The van der Waals surface area contributed by atoms with Gasteiger partial charge in [0.15, 0.2) is 10.8 Å². The number of carbonyl (C=O) groups is 1. The quantitative estimate of drug-likeness (QED) is 0.872. The van der Waals surface area contributed by atoms with Gasteiger partial charge >= 0.3 is 0 Å². The molecular formula is C12H17N5OS. The largest absolute Gasteiger partial charge is 0.354 e. The second-order valence-corrected chi connectivity index (χ2v) is 5.86. The third-order valence-electron chi connectivity index (χ3n) is 3.38. The molecule has 102 valence electrons. The minimum absolute atomic E-state index is 0.0756. The van der Waals surface area contributed by atoms with Gasteiger partial charge in [-0.2, -0.15) is 5.10 Å². The van der Waals surface area contributed by atoms with Crippen molar-refractivity contribution in [1.82, 2.24) is 20.1 Å². The normalized spacial score (nSPS) is 20.3. The molecule has 3 rings (SSSR count). The van der Waals surface area contributed by atoms with Crippen molar-refractivity contribution in [2.24, 2.45) is 7.05 Å². The summed E-state index contributed by atoms with van der Waals surface area (Å²) in [5.74, 6) is 0.0756. The Morgan fingerprint density at radius 2 is 2.32 bits per heavy atom. The van der Waals surface area contributed by atoms with Gasteiger partial charge in [-0.15, -0.1) is 0 Å². The summed E-state index contributed by atoms with van der Waals surface area (Å²) in [5, 5.41) is 11.3. The van der Waals surface area contributed by atoms with Crippen LogP contribution in [0, 0.1) is 6.92 Å². The summed E-state index contributed by atoms with van der Waals surface area (Å²) in [6, 6.07) is -0.170. The molecule has 0 aliphatic carbocycles. The summed E-state index contributed by atoms with van der Waals surface area (Å²) in [6.07, 6.45) is 2.97. The highest BCUT2D eigenvalue weighted by molar-refractivity contribution is 7.22. The zero-order valence-electron chi connectivity index (χ0n) is 11.1. The van der Waals surface area contributed by atoms with Crippen molar-refractivity contribution in [2.45, 2.75) is 32.2 Å². The van der Waals surface area contributed by atoms with E-state index in [0.717, 1.165) is 47.0 Å². The molecule has 0 bridgehead atoms. The van der Waals surface area contributed by atoms with Crippen LogP contribution in [-0.4, -0.2) is 33.3 Å². The minimum Gasteiger partial charge on any atom is -0.354 e. The van der Waals surface area contributed by atoms with Gasteiger partial charge in [-0.25, -0.2) is 9.67 Å². The van der Waals surface area contributed by atoms with Gasteiger partial charge in [0, 0.05) is 13.6 Å². The lowest BCUT2D eigenvalue weighted by atomic mass is 10.1. The molecule has 1 saturated heterocycles. The molecule has 2 aromatic heterocycles. The first kappa shape index (κ1) is 12.4. The molecule has 0 saturated carbocycles. The van der Waals surface area contributed by atoms with Crippen molar-refractivity contribution in [2.75, 3.05) is 11.9 Å². The highest BCUT2D eigenvalue weighted by atomic mass is 32.1. The van der Waals surface area contributed by atoms with Crippen molar-refractivity contribution in [3.63, 3.8) is 0 Å². The zero-order chi connectivity index (χ0) is 13.4. The monoisotopic (exact) mass is 279 g/mol. The molecule has 0 aromatic carbocycles. The molecule has 1 amide bonds. The van der Waals surface area contributed by atoms with Gasteiger partial charge in [0.2, 0.25) is 5.91 Å². The van der Waals surface area contributed by atoms with Gasteiger partial charge in [-0.3, -0.25) is 4.79 Å². The molecule has 1 fully saturated rings. The maximum atomic E-state index is 11.9. The van der Waals surface area contributed by atoms with Gasteiger partial charge in [0.1, 0.15) is 6.04 Å². The second-order valence-electron chi connectivity index (χ2n) is 4.86. The highest BCUT2D eigenvalue weighted by Gasteiger charge is 2.22. The number of hydrogen-bond acceptors (Lipinski definition) is 5. The number of rotatable bonds is 2. The molecule has 0 spiro atoms. The van der Waals surface area contributed by atoms with E-state index in [1.165, 1.54) is 0 Å². The molecule has 1 aliphatic heterocycles. The Balaban J connectivity index is 1.84. The SMILES string of the molecule is Cc1nn(C)c2nc(NC3CCCCNC3=O)sc12. The first-order chi connectivity index (χ1) is 9.15. The number of nitrogens with one attached hydrogen (secondary N) is 2. The number of amides is 1. The van der Waals surface area contributed by atoms with Crippen LogP contribution in [0.5, 0.6) is 0 Å². The van der Waals surface area contributed by atoms with E-state index in [-0.39, 0.29) is 11.9 Å². The second kappa shape index (κ2) is 4.80. The molecule has 19 heavy (non-hydrogen) atoms. The molecule has 3 heterocycles. The van der Waals surface area contributed by atoms with Crippen LogP contribution in [-0.2, 0) is 11.8 Å². The van der Waals surface area contributed by atoms with Gasteiger partial charge in [-0.1, -0.05) is 11.3 Å². The van der Waals surface area contributed by atoms with Crippen LogP contribution in [0.2, 0.25) is 0 Å². The maximum Gasteiger partial charge on any atom is 0.242 e. The number of anilines is 1. The summed E-state index contributed by atoms with van der Waals surface area (Å²) in [4.78, 5) is 16.4. The molecule has 2 aromatic rings. The average molecular weight is 279 g/mol. The lowest BCUT2D eigenvalue weighted by Gasteiger charge is -2.13. The fourth-order valence-electron chi connectivity index (χ4n) is 2.37. The van der Waals surface area contributed by atoms with E-state index in [4.69, 9.17) is 0 Å². The Kier molecular flexibility index (Phi) is 3.14. The van der Waals surface area contributed by atoms with E-state index in [0.29, 0.717) is 0 Å². The predicted octanol–water partition coefficient (Wildman–Crippen LogP) is 1.42. The first-order valence-electron chi connectivity index (χ1n) is 6.49. The molecular weight excluding hydrogens is 262 g/mol. The zero-order valence-corrected chi connectivity index (χ0v) is 11.9. The van der Waals surface area contributed by atoms with E-state index in [2.05, 4.69) is 20.7 Å². The molecule has 7 heteroatoms. The lowest BCUT2D eigenvalue weighted by molar-refractivity contribution is -0.121. The predicted molar refractivity (Wildman–Crippen MR) is 75.4 cm³/mol. The number of hydrogen-bond donors (Lipinski definition) is 2.